The molecule has 3 aromatic carbocycles. The molecule has 0 spiro atoms. The molecule has 1 unspecified atom stereocenters. The summed E-state index contributed by atoms with van der Waals surface area (Å²) in [6, 6.07) is 24.3. The van der Waals surface area contributed by atoms with Crippen LogP contribution in [-0.2, 0) is 5.67 Å². The average Bonchev–Trinajstić information content (AvgIpc) is 3.01. The Balaban J connectivity index is 1.46. The van der Waals surface area contributed by atoms with Gasteiger partial charge in [0.15, 0.2) is 0 Å². The number of pyridine rings is 1. The summed E-state index contributed by atoms with van der Waals surface area (Å²) in [7, 11) is 0. The number of allylic oxidation sites excluding steroid dienone is 7. The van der Waals surface area contributed by atoms with Gasteiger partial charge >= 0.3 is 0 Å². The number of alkyl halides is 1. The second-order valence-electron chi connectivity index (χ2n) is 11.9. The Labute approximate surface area is 261 Å². The molecule has 0 saturated carbocycles. The van der Waals surface area contributed by atoms with Crippen molar-refractivity contribution in [2.75, 3.05) is 4.90 Å². The molecule has 0 radical (unpaired) electrons. The van der Waals surface area contributed by atoms with Gasteiger partial charge in [-0.2, -0.15) is 0 Å². The number of benzene rings is 3. The molecule has 0 aliphatic carbocycles. The number of hydrogen-bond donors (Lipinski definition) is 1. The van der Waals surface area contributed by atoms with Gasteiger partial charge in [-0.05, 0) is 97.9 Å². The SMILES string of the molecule is C=C/C(=C\C=C(/C)NC(=C)CC(C)c1ccccc1)c1ccc2ncc3c(c2c1)N(c1cccc(C(C)(C)F)c1)C(=C)C=C3. The zero-order chi connectivity index (χ0) is 31.4. The zero-order valence-electron chi connectivity index (χ0n) is 26.1. The van der Waals surface area contributed by atoms with Gasteiger partial charge in [0.2, 0.25) is 0 Å². The first-order valence-corrected chi connectivity index (χ1v) is 15.0. The Kier molecular flexibility index (Phi) is 8.82. The van der Waals surface area contributed by atoms with Gasteiger partial charge in [0.1, 0.15) is 5.67 Å². The standard InChI is InChI=1S/C40H40FN3/c1-8-31(19-17-28(3)43-29(4)23-27(2)32-13-10-9-11-14-32)33-21-22-38-37(24-33)39-34(26-42-38)20-18-30(5)44(39)36-16-12-15-35(25-36)40(6,7)41/h8-22,24-27,43H,1,4-5,23H2,2-3,6-7H3/b28-17+,31-19+. The predicted octanol–water partition coefficient (Wildman–Crippen LogP) is 10.9. The molecule has 0 saturated heterocycles. The second-order valence-corrected chi connectivity index (χ2v) is 11.9. The Morgan fingerprint density at radius 2 is 1.80 bits per heavy atom. The largest absolute Gasteiger partial charge is 0.363 e. The van der Waals surface area contributed by atoms with Crippen molar-refractivity contribution in [2.24, 2.45) is 0 Å². The summed E-state index contributed by atoms with van der Waals surface area (Å²) in [5, 5.41) is 4.43. The Hall–Kier alpha value is -4.96. The monoisotopic (exact) mass is 581 g/mol. The summed E-state index contributed by atoms with van der Waals surface area (Å²) < 4.78 is 14.9. The molecule has 3 nitrogen and oxygen atoms in total. The quantitative estimate of drug-likeness (QED) is 0.189. The summed E-state index contributed by atoms with van der Waals surface area (Å²) in [6.45, 7) is 20.1. The number of anilines is 2. The highest BCUT2D eigenvalue weighted by molar-refractivity contribution is 6.02. The molecule has 1 aliphatic rings. The minimum Gasteiger partial charge on any atom is -0.363 e. The molecule has 2 heterocycles. The lowest BCUT2D eigenvalue weighted by Crippen LogP contribution is -2.19. The lowest BCUT2D eigenvalue weighted by atomic mass is 9.96. The van der Waals surface area contributed by atoms with E-state index in [4.69, 9.17) is 4.98 Å². The second kappa shape index (κ2) is 12.7. The lowest BCUT2D eigenvalue weighted by Gasteiger charge is -2.32. The van der Waals surface area contributed by atoms with E-state index in [1.54, 1.807) is 13.8 Å². The molecular weight excluding hydrogens is 541 g/mol. The van der Waals surface area contributed by atoms with Crippen molar-refractivity contribution in [3.8, 4) is 0 Å². The van der Waals surface area contributed by atoms with E-state index >= 15 is 0 Å². The fourth-order valence-electron chi connectivity index (χ4n) is 5.60. The first kappa shape index (κ1) is 30.5. The zero-order valence-corrected chi connectivity index (χ0v) is 26.1. The highest BCUT2D eigenvalue weighted by Gasteiger charge is 2.25. The van der Waals surface area contributed by atoms with Crippen molar-refractivity contribution in [1.29, 1.82) is 0 Å². The lowest BCUT2D eigenvalue weighted by molar-refractivity contribution is 0.221. The van der Waals surface area contributed by atoms with Crippen LogP contribution in [0.4, 0.5) is 15.8 Å². The average molecular weight is 582 g/mol. The van der Waals surface area contributed by atoms with Crippen LogP contribution in [0.5, 0.6) is 0 Å². The van der Waals surface area contributed by atoms with Gasteiger partial charge in [0.25, 0.3) is 0 Å². The molecule has 1 N–H and O–H groups in total. The van der Waals surface area contributed by atoms with Crippen molar-refractivity contribution in [1.82, 2.24) is 10.3 Å². The smallest absolute Gasteiger partial charge is 0.130 e. The van der Waals surface area contributed by atoms with Crippen LogP contribution in [0.15, 0.2) is 140 Å². The first-order valence-electron chi connectivity index (χ1n) is 15.0. The minimum atomic E-state index is -1.46. The summed E-state index contributed by atoms with van der Waals surface area (Å²) >= 11 is 0. The number of nitrogens with one attached hydrogen (secondary N) is 1. The fraction of sp³-hybridized carbons (Fsp3) is 0.175. The Morgan fingerprint density at radius 3 is 2.52 bits per heavy atom. The van der Waals surface area contributed by atoms with Gasteiger partial charge in [-0.1, -0.05) is 87.3 Å². The molecule has 5 rings (SSSR count). The number of aromatic nitrogens is 1. The van der Waals surface area contributed by atoms with Crippen LogP contribution in [0, 0.1) is 0 Å². The van der Waals surface area contributed by atoms with Gasteiger partial charge in [-0.15, -0.1) is 0 Å². The number of nitrogens with zero attached hydrogens (tertiary/aromatic N) is 2. The van der Waals surface area contributed by atoms with Crippen LogP contribution < -0.4 is 10.2 Å². The molecule has 4 aromatic rings. The van der Waals surface area contributed by atoms with E-state index in [0.29, 0.717) is 11.5 Å². The number of fused-ring (bicyclic) bond motifs is 3. The Bertz CT molecular complexity index is 1820. The van der Waals surface area contributed by atoms with Crippen molar-refractivity contribution < 1.29 is 4.39 Å². The van der Waals surface area contributed by atoms with Crippen LogP contribution in [0.25, 0.3) is 22.6 Å². The third-order valence-electron chi connectivity index (χ3n) is 7.99. The van der Waals surface area contributed by atoms with Crippen molar-refractivity contribution in [2.45, 2.75) is 45.7 Å². The van der Waals surface area contributed by atoms with E-state index in [1.165, 1.54) is 5.56 Å². The van der Waals surface area contributed by atoms with E-state index in [-0.39, 0.29) is 0 Å². The third kappa shape index (κ3) is 6.65. The molecule has 0 amide bonds. The normalized spacial score (nSPS) is 14.4. The summed E-state index contributed by atoms with van der Waals surface area (Å²) in [4.78, 5) is 6.83. The van der Waals surface area contributed by atoms with E-state index < -0.39 is 5.67 Å². The summed E-state index contributed by atoms with van der Waals surface area (Å²) in [5.74, 6) is 0.372. The van der Waals surface area contributed by atoms with Gasteiger partial charge in [-0.25, -0.2) is 4.39 Å². The van der Waals surface area contributed by atoms with Crippen molar-refractivity contribution >= 4 is 33.9 Å². The first-order chi connectivity index (χ1) is 21.0. The number of hydrogen-bond acceptors (Lipinski definition) is 3. The van der Waals surface area contributed by atoms with E-state index in [0.717, 1.165) is 62.5 Å². The number of rotatable bonds is 10. The van der Waals surface area contributed by atoms with E-state index in [1.807, 2.05) is 67.7 Å². The van der Waals surface area contributed by atoms with Gasteiger partial charge < -0.3 is 10.2 Å². The molecule has 4 heteroatoms. The van der Waals surface area contributed by atoms with Gasteiger partial charge in [-0.3, -0.25) is 4.98 Å². The molecule has 0 fully saturated rings. The predicted molar refractivity (Wildman–Crippen MR) is 186 cm³/mol. The highest BCUT2D eigenvalue weighted by Crippen LogP contribution is 2.42. The number of halogens is 1. The van der Waals surface area contributed by atoms with Crippen LogP contribution in [0.3, 0.4) is 0 Å². The highest BCUT2D eigenvalue weighted by atomic mass is 19.1. The van der Waals surface area contributed by atoms with E-state index in [2.05, 4.69) is 85.4 Å². The molecule has 1 atom stereocenters. The topological polar surface area (TPSA) is 28.2 Å². The van der Waals surface area contributed by atoms with Crippen molar-refractivity contribution in [3.63, 3.8) is 0 Å². The maximum atomic E-state index is 14.9. The van der Waals surface area contributed by atoms with Crippen LogP contribution >= 0.6 is 0 Å². The molecule has 1 aliphatic heterocycles. The molecular formula is C40H40FN3. The van der Waals surface area contributed by atoms with Crippen LogP contribution in [0.2, 0.25) is 0 Å². The van der Waals surface area contributed by atoms with Crippen LogP contribution in [-0.4, -0.2) is 4.98 Å². The van der Waals surface area contributed by atoms with Gasteiger partial charge in [0.05, 0.1) is 11.2 Å². The molecule has 222 valence electrons. The minimum absolute atomic E-state index is 0.372. The van der Waals surface area contributed by atoms with Crippen molar-refractivity contribution in [3.05, 3.63) is 162 Å². The third-order valence-corrected chi connectivity index (χ3v) is 7.99. The van der Waals surface area contributed by atoms with E-state index in [9.17, 15) is 4.39 Å². The van der Waals surface area contributed by atoms with Crippen LogP contribution in [0.1, 0.15) is 62.3 Å². The van der Waals surface area contributed by atoms with Gasteiger partial charge in [0, 0.05) is 39.9 Å². The molecule has 1 aromatic heterocycles. The maximum absolute atomic E-state index is 14.9. The maximum Gasteiger partial charge on any atom is 0.130 e. The summed E-state index contributed by atoms with van der Waals surface area (Å²) in [5.41, 5.74) is 8.88. The molecule has 44 heavy (non-hydrogen) atoms. The molecule has 0 bridgehead atoms. The Morgan fingerprint density at radius 1 is 1.02 bits per heavy atom. The fourth-order valence-corrected chi connectivity index (χ4v) is 5.60. The summed E-state index contributed by atoms with van der Waals surface area (Å²) in [6.07, 6.45) is 12.7.